The maximum absolute atomic E-state index is 6.19. The van der Waals surface area contributed by atoms with Crippen LogP contribution in [0.15, 0.2) is 6.07 Å². The lowest BCUT2D eigenvalue weighted by molar-refractivity contribution is 0.101. The smallest absolute Gasteiger partial charge is 0.0597 e. The molecule has 2 heterocycles. The number of hydrogen-bond donors (Lipinski definition) is 1. The fraction of sp³-hybridized carbons (Fsp3) is 0.769. The average Bonchev–Trinajstić information content (AvgIpc) is 2.88. The van der Waals surface area contributed by atoms with Gasteiger partial charge in [-0.1, -0.05) is 0 Å². The van der Waals surface area contributed by atoms with E-state index in [1.54, 1.807) is 0 Å². The molecule has 2 rings (SSSR count). The Morgan fingerprint density at radius 3 is 3.06 bits per heavy atom. The highest BCUT2D eigenvalue weighted by molar-refractivity contribution is 5.12. The number of hydrogen-bond acceptors (Lipinski definition) is 3. The standard InChI is InChI=1S/C13H23N3O/c1-10-9-13(16(2)15-10)12(14)7-3-5-11-6-4-8-17-11/h9,11-12H,3-8,14H2,1-2H3. The minimum atomic E-state index is 0.0996. The van der Waals surface area contributed by atoms with Gasteiger partial charge in [-0.05, 0) is 45.1 Å². The first-order chi connectivity index (χ1) is 8.16. The summed E-state index contributed by atoms with van der Waals surface area (Å²) in [4.78, 5) is 0. The lowest BCUT2D eigenvalue weighted by Crippen LogP contribution is -2.15. The van der Waals surface area contributed by atoms with Gasteiger partial charge in [0, 0.05) is 19.7 Å². The number of nitrogens with two attached hydrogens (primary N) is 1. The SMILES string of the molecule is Cc1cc(C(N)CCCC2CCCO2)n(C)n1. The Morgan fingerprint density at radius 1 is 1.65 bits per heavy atom. The van der Waals surface area contributed by atoms with Crippen LogP contribution in [0.1, 0.15) is 49.5 Å². The average molecular weight is 237 g/mol. The van der Waals surface area contributed by atoms with Crippen molar-refractivity contribution in [3.05, 3.63) is 17.5 Å². The third-order valence-corrected chi connectivity index (χ3v) is 3.48. The van der Waals surface area contributed by atoms with E-state index < -0.39 is 0 Å². The summed E-state index contributed by atoms with van der Waals surface area (Å²) in [5.74, 6) is 0. The zero-order chi connectivity index (χ0) is 12.3. The molecule has 0 aliphatic carbocycles. The summed E-state index contributed by atoms with van der Waals surface area (Å²) in [5, 5.41) is 4.33. The molecule has 4 heteroatoms. The van der Waals surface area contributed by atoms with E-state index >= 15 is 0 Å². The lowest BCUT2D eigenvalue weighted by Gasteiger charge is -2.13. The van der Waals surface area contributed by atoms with Crippen molar-refractivity contribution < 1.29 is 4.74 Å². The molecule has 0 saturated carbocycles. The molecule has 1 aliphatic heterocycles. The number of rotatable bonds is 5. The van der Waals surface area contributed by atoms with E-state index in [1.165, 1.54) is 12.8 Å². The molecule has 0 amide bonds. The Labute approximate surface area is 103 Å². The largest absolute Gasteiger partial charge is 0.378 e. The van der Waals surface area contributed by atoms with Gasteiger partial charge in [-0.15, -0.1) is 0 Å². The summed E-state index contributed by atoms with van der Waals surface area (Å²) >= 11 is 0. The van der Waals surface area contributed by atoms with Crippen LogP contribution in [0.5, 0.6) is 0 Å². The minimum Gasteiger partial charge on any atom is -0.378 e. The van der Waals surface area contributed by atoms with Gasteiger partial charge in [-0.25, -0.2) is 0 Å². The molecular formula is C13H23N3O. The molecule has 96 valence electrons. The van der Waals surface area contributed by atoms with Gasteiger partial charge < -0.3 is 10.5 Å². The lowest BCUT2D eigenvalue weighted by atomic mass is 10.0. The van der Waals surface area contributed by atoms with E-state index in [-0.39, 0.29) is 6.04 Å². The molecule has 1 fully saturated rings. The van der Waals surface area contributed by atoms with Crippen molar-refractivity contribution in [1.82, 2.24) is 9.78 Å². The molecule has 1 aliphatic rings. The first-order valence-electron chi connectivity index (χ1n) is 6.54. The monoisotopic (exact) mass is 237 g/mol. The molecule has 4 nitrogen and oxygen atoms in total. The zero-order valence-corrected chi connectivity index (χ0v) is 10.9. The highest BCUT2D eigenvalue weighted by atomic mass is 16.5. The van der Waals surface area contributed by atoms with Gasteiger partial charge in [0.05, 0.1) is 17.5 Å². The van der Waals surface area contributed by atoms with Crippen molar-refractivity contribution in [2.45, 2.75) is 51.2 Å². The van der Waals surface area contributed by atoms with Crippen molar-refractivity contribution in [3.63, 3.8) is 0 Å². The van der Waals surface area contributed by atoms with Gasteiger partial charge in [0.25, 0.3) is 0 Å². The van der Waals surface area contributed by atoms with E-state index in [0.717, 1.165) is 37.3 Å². The number of nitrogens with zero attached hydrogens (tertiary/aromatic N) is 2. The van der Waals surface area contributed by atoms with Crippen LogP contribution in [-0.4, -0.2) is 22.5 Å². The molecule has 17 heavy (non-hydrogen) atoms. The van der Waals surface area contributed by atoms with Crippen molar-refractivity contribution in [1.29, 1.82) is 0 Å². The second-order valence-corrected chi connectivity index (χ2v) is 5.01. The van der Waals surface area contributed by atoms with Gasteiger partial charge in [-0.3, -0.25) is 4.68 Å². The van der Waals surface area contributed by atoms with E-state index in [9.17, 15) is 0 Å². The predicted octanol–water partition coefficient (Wildman–Crippen LogP) is 2.08. The summed E-state index contributed by atoms with van der Waals surface area (Å²) in [6.45, 7) is 2.94. The molecule has 0 aromatic carbocycles. The van der Waals surface area contributed by atoms with Crippen LogP contribution in [-0.2, 0) is 11.8 Å². The zero-order valence-electron chi connectivity index (χ0n) is 10.9. The third kappa shape index (κ3) is 3.30. The molecule has 1 aromatic rings. The van der Waals surface area contributed by atoms with Crippen LogP contribution in [0.25, 0.3) is 0 Å². The third-order valence-electron chi connectivity index (χ3n) is 3.48. The first-order valence-corrected chi connectivity index (χ1v) is 6.54. The Hall–Kier alpha value is -0.870. The van der Waals surface area contributed by atoms with Crippen molar-refractivity contribution in [2.24, 2.45) is 12.8 Å². The van der Waals surface area contributed by atoms with Gasteiger partial charge >= 0.3 is 0 Å². The Morgan fingerprint density at radius 2 is 2.47 bits per heavy atom. The highest BCUT2D eigenvalue weighted by Crippen LogP contribution is 2.21. The fourth-order valence-electron chi connectivity index (χ4n) is 2.56. The van der Waals surface area contributed by atoms with Crippen molar-refractivity contribution >= 4 is 0 Å². The maximum atomic E-state index is 6.19. The topological polar surface area (TPSA) is 53.1 Å². The van der Waals surface area contributed by atoms with Crippen molar-refractivity contribution in [3.8, 4) is 0 Å². The summed E-state index contributed by atoms with van der Waals surface area (Å²) in [5.41, 5.74) is 8.37. The number of aromatic nitrogens is 2. The first kappa shape index (κ1) is 12.6. The summed E-state index contributed by atoms with van der Waals surface area (Å²) in [6.07, 6.45) is 6.22. The molecule has 2 unspecified atom stereocenters. The summed E-state index contributed by atoms with van der Waals surface area (Å²) in [6, 6.07) is 2.18. The molecule has 1 aromatic heterocycles. The summed E-state index contributed by atoms with van der Waals surface area (Å²) < 4.78 is 7.50. The van der Waals surface area contributed by atoms with Crippen LogP contribution >= 0.6 is 0 Å². The Kier molecular flexibility index (Phi) is 4.18. The van der Waals surface area contributed by atoms with E-state index in [4.69, 9.17) is 10.5 Å². The minimum absolute atomic E-state index is 0.0996. The van der Waals surface area contributed by atoms with Crippen LogP contribution < -0.4 is 5.73 Å². The fourth-order valence-corrected chi connectivity index (χ4v) is 2.56. The molecule has 2 N–H and O–H groups in total. The highest BCUT2D eigenvalue weighted by Gasteiger charge is 2.16. The van der Waals surface area contributed by atoms with Crippen molar-refractivity contribution in [2.75, 3.05) is 6.61 Å². The number of ether oxygens (including phenoxy) is 1. The van der Waals surface area contributed by atoms with Gasteiger partial charge in [0.2, 0.25) is 0 Å². The van der Waals surface area contributed by atoms with Crippen LogP contribution in [0.4, 0.5) is 0 Å². The normalized spacial score (nSPS) is 21.9. The predicted molar refractivity (Wildman–Crippen MR) is 67.7 cm³/mol. The number of aryl methyl sites for hydroxylation is 2. The van der Waals surface area contributed by atoms with E-state index in [2.05, 4.69) is 11.2 Å². The molecule has 0 bridgehead atoms. The van der Waals surface area contributed by atoms with Gasteiger partial charge in [0.1, 0.15) is 0 Å². The second kappa shape index (κ2) is 5.65. The molecule has 0 spiro atoms. The van der Waals surface area contributed by atoms with E-state index in [0.29, 0.717) is 6.10 Å². The maximum Gasteiger partial charge on any atom is 0.0597 e. The van der Waals surface area contributed by atoms with Gasteiger partial charge in [-0.2, -0.15) is 5.10 Å². The van der Waals surface area contributed by atoms with Gasteiger partial charge in [0.15, 0.2) is 0 Å². The molecule has 1 saturated heterocycles. The molecule has 2 atom stereocenters. The quantitative estimate of drug-likeness (QED) is 0.853. The van der Waals surface area contributed by atoms with E-state index in [1.807, 2.05) is 18.7 Å². The molecule has 0 radical (unpaired) electrons. The van der Waals surface area contributed by atoms with Crippen LogP contribution in [0.2, 0.25) is 0 Å². The summed E-state index contributed by atoms with van der Waals surface area (Å²) in [7, 11) is 1.96. The van der Waals surface area contributed by atoms with Crippen LogP contribution in [0.3, 0.4) is 0 Å². The second-order valence-electron chi connectivity index (χ2n) is 5.01. The van der Waals surface area contributed by atoms with Crippen LogP contribution in [0, 0.1) is 6.92 Å². The molecular weight excluding hydrogens is 214 g/mol. The Balaban J connectivity index is 1.76. The Bertz CT molecular complexity index is 356.